The van der Waals surface area contributed by atoms with E-state index in [1.54, 1.807) is 11.8 Å². The van der Waals surface area contributed by atoms with Crippen LogP contribution in [-0.2, 0) is 4.79 Å². The van der Waals surface area contributed by atoms with E-state index in [0.717, 1.165) is 18.2 Å². The van der Waals surface area contributed by atoms with E-state index >= 15 is 0 Å². The highest BCUT2D eigenvalue weighted by molar-refractivity contribution is 7.99. The molecule has 14 heavy (non-hydrogen) atoms. The average molecular weight is 214 g/mol. The minimum atomic E-state index is 0.0434. The summed E-state index contributed by atoms with van der Waals surface area (Å²) in [6.45, 7) is 5.37. The van der Waals surface area contributed by atoms with Crippen molar-refractivity contribution in [1.29, 1.82) is 0 Å². The zero-order valence-electron chi connectivity index (χ0n) is 8.80. The van der Waals surface area contributed by atoms with Gasteiger partial charge in [0.25, 0.3) is 0 Å². The van der Waals surface area contributed by atoms with E-state index in [1.807, 2.05) is 0 Å². The lowest BCUT2D eigenvalue weighted by atomic mass is 10.1. The third kappa shape index (κ3) is 2.23. The van der Waals surface area contributed by atoms with Crippen molar-refractivity contribution in [2.45, 2.75) is 26.3 Å². The first kappa shape index (κ1) is 10.3. The highest BCUT2D eigenvalue weighted by Crippen LogP contribution is 2.50. The van der Waals surface area contributed by atoms with Crippen LogP contribution in [0.15, 0.2) is 0 Å². The van der Waals surface area contributed by atoms with Crippen molar-refractivity contribution in [2.24, 2.45) is 11.3 Å². The molecule has 1 aliphatic carbocycles. The summed E-state index contributed by atoms with van der Waals surface area (Å²) < 4.78 is 0. The molecule has 2 N–H and O–H groups in total. The van der Waals surface area contributed by atoms with Crippen LogP contribution in [-0.4, -0.2) is 30.1 Å². The summed E-state index contributed by atoms with van der Waals surface area (Å²) >= 11 is 1.79. The Bertz CT molecular complexity index is 236. The maximum absolute atomic E-state index is 11.6. The molecule has 0 bridgehead atoms. The SMILES string of the molecule is CC1(C)CC1CNC(=O)[C@H]1CSCN1. The fourth-order valence-electron chi connectivity index (χ4n) is 1.84. The second kappa shape index (κ2) is 3.74. The van der Waals surface area contributed by atoms with Crippen LogP contribution in [0.5, 0.6) is 0 Å². The van der Waals surface area contributed by atoms with Gasteiger partial charge in [-0.25, -0.2) is 0 Å². The Balaban J connectivity index is 1.68. The molecule has 2 rings (SSSR count). The Kier molecular flexibility index (Phi) is 2.75. The fourth-order valence-corrected chi connectivity index (χ4v) is 2.78. The van der Waals surface area contributed by atoms with Crippen molar-refractivity contribution in [3.8, 4) is 0 Å². The smallest absolute Gasteiger partial charge is 0.238 e. The van der Waals surface area contributed by atoms with E-state index in [9.17, 15) is 4.79 Å². The average Bonchev–Trinajstić information content (AvgIpc) is 2.58. The first-order valence-corrected chi connectivity index (χ1v) is 6.34. The Morgan fingerprint density at radius 2 is 2.36 bits per heavy atom. The van der Waals surface area contributed by atoms with Crippen LogP contribution in [0.4, 0.5) is 0 Å². The second-order valence-corrected chi connectivity index (χ2v) is 5.94. The molecular formula is C10H18N2OS. The van der Waals surface area contributed by atoms with E-state index in [0.29, 0.717) is 11.3 Å². The minimum Gasteiger partial charge on any atom is -0.354 e. The quantitative estimate of drug-likeness (QED) is 0.730. The van der Waals surface area contributed by atoms with Crippen molar-refractivity contribution < 1.29 is 4.79 Å². The van der Waals surface area contributed by atoms with Gasteiger partial charge in [-0.3, -0.25) is 10.1 Å². The number of hydrogen-bond acceptors (Lipinski definition) is 3. The number of thioether (sulfide) groups is 1. The summed E-state index contributed by atoms with van der Waals surface area (Å²) in [4.78, 5) is 11.6. The van der Waals surface area contributed by atoms with E-state index in [-0.39, 0.29) is 11.9 Å². The third-order valence-corrected chi connectivity index (χ3v) is 4.21. The van der Waals surface area contributed by atoms with Gasteiger partial charge < -0.3 is 5.32 Å². The predicted molar refractivity (Wildman–Crippen MR) is 59.1 cm³/mol. The summed E-state index contributed by atoms with van der Waals surface area (Å²) in [5.41, 5.74) is 0.463. The van der Waals surface area contributed by atoms with Crippen LogP contribution in [0.25, 0.3) is 0 Å². The van der Waals surface area contributed by atoms with Gasteiger partial charge in [-0.2, -0.15) is 0 Å². The molecule has 0 aromatic carbocycles. The van der Waals surface area contributed by atoms with Crippen molar-refractivity contribution in [3.05, 3.63) is 0 Å². The lowest BCUT2D eigenvalue weighted by molar-refractivity contribution is -0.122. The summed E-state index contributed by atoms with van der Waals surface area (Å²) in [6.07, 6.45) is 1.25. The molecule has 80 valence electrons. The molecule has 1 saturated heterocycles. The number of hydrogen-bond donors (Lipinski definition) is 2. The zero-order chi connectivity index (χ0) is 10.2. The molecular weight excluding hydrogens is 196 g/mol. The maximum Gasteiger partial charge on any atom is 0.238 e. The molecule has 0 aromatic rings. The lowest BCUT2D eigenvalue weighted by Crippen LogP contribution is -2.42. The number of rotatable bonds is 3. The number of nitrogens with one attached hydrogen (secondary N) is 2. The lowest BCUT2D eigenvalue weighted by Gasteiger charge is -2.10. The van der Waals surface area contributed by atoms with E-state index < -0.39 is 0 Å². The maximum atomic E-state index is 11.6. The summed E-state index contributed by atoms with van der Waals surface area (Å²) in [6, 6.07) is 0.0434. The molecule has 2 aliphatic rings. The highest BCUT2D eigenvalue weighted by Gasteiger charge is 2.45. The molecule has 1 unspecified atom stereocenters. The predicted octanol–water partition coefficient (Wildman–Crippen LogP) is 0.811. The van der Waals surface area contributed by atoms with Crippen LogP contribution >= 0.6 is 11.8 Å². The first-order chi connectivity index (χ1) is 6.59. The zero-order valence-corrected chi connectivity index (χ0v) is 9.62. The number of carbonyl (C=O) groups excluding carboxylic acids is 1. The molecule has 1 amide bonds. The largest absolute Gasteiger partial charge is 0.354 e. The Morgan fingerprint density at radius 1 is 1.64 bits per heavy atom. The molecule has 4 heteroatoms. The topological polar surface area (TPSA) is 41.1 Å². The van der Waals surface area contributed by atoms with E-state index in [1.165, 1.54) is 6.42 Å². The molecule has 1 aliphatic heterocycles. The molecule has 2 fully saturated rings. The molecule has 1 heterocycles. The van der Waals surface area contributed by atoms with Crippen LogP contribution < -0.4 is 10.6 Å². The first-order valence-electron chi connectivity index (χ1n) is 5.18. The van der Waals surface area contributed by atoms with E-state index in [2.05, 4.69) is 24.5 Å². The van der Waals surface area contributed by atoms with Gasteiger partial charge >= 0.3 is 0 Å². The summed E-state index contributed by atoms with van der Waals surface area (Å²) in [7, 11) is 0. The molecule has 3 nitrogen and oxygen atoms in total. The molecule has 0 spiro atoms. The second-order valence-electron chi connectivity index (χ2n) is 4.91. The van der Waals surface area contributed by atoms with Gasteiger partial charge in [0.1, 0.15) is 0 Å². The Hall–Kier alpha value is -0.220. The van der Waals surface area contributed by atoms with Gasteiger partial charge in [-0.15, -0.1) is 11.8 Å². The van der Waals surface area contributed by atoms with Crippen molar-refractivity contribution in [2.75, 3.05) is 18.2 Å². The van der Waals surface area contributed by atoms with Gasteiger partial charge in [0.05, 0.1) is 6.04 Å². The third-order valence-electron chi connectivity index (χ3n) is 3.27. The van der Waals surface area contributed by atoms with Crippen molar-refractivity contribution in [3.63, 3.8) is 0 Å². The van der Waals surface area contributed by atoms with Crippen molar-refractivity contribution >= 4 is 17.7 Å². The molecule has 1 saturated carbocycles. The van der Waals surface area contributed by atoms with Crippen LogP contribution in [0.3, 0.4) is 0 Å². The molecule has 2 atom stereocenters. The fraction of sp³-hybridized carbons (Fsp3) is 0.900. The monoisotopic (exact) mass is 214 g/mol. The van der Waals surface area contributed by atoms with Gasteiger partial charge in [-0.05, 0) is 17.8 Å². The molecule has 0 aromatic heterocycles. The number of carbonyl (C=O) groups is 1. The standard InChI is InChI=1S/C10H18N2OS/c1-10(2)3-7(10)4-11-9(13)8-5-14-6-12-8/h7-8,12H,3-6H2,1-2H3,(H,11,13)/t7?,8-/m1/s1. The minimum absolute atomic E-state index is 0.0434. The molecule has 0 radical (unpaired) electrons. The Labute approximate surface area is 89.4 Å². The van der Waals surface area contributed by atoms with Crippen LogP contribution in [0.1, 0.15) is 20.3 Å². The normalized spacial score (nSPS) is 34.1. The van der Waals surface area contributed by atoms with Crippen LogP contribution in [0.2, 0.25) is 0 Å². The van der Waals surface area contributed by atoms with Gasteiger partial charge in [0.15, 0.2) is 0 Å². The van der Waals surface area contributed by atoms with Crippen molar-refractivity contribution in [1.82, 2.24) is 10.6 Å². The van der Waals surface area contributed by atoms with E-state index in [4.69, 9.17) is 0 Å². The van der Waals surface area contributed by atoms with Crippen LogP contribution in [0, 0.1) is 11.3 Å². The van der Waals surface area contributed by atoms with Gasteiger partial charge in [-0.1, -0.05) is 13.8 Å². The van der Waals surface area contributed by atoms with Gasteiger partial charge in [0.2, 0.25) is 5.91 Å². The highest BCUT2D eigenvalue weighted by atomic mass is 32.2. The van der Waals surface area contributed by atoms with Gasteiger partial charge in [0, 0.05) is 18.2 Å². The number of amides is 1. The summed E-state index contributed by atoms with van der Waals surface area (Å²) in [5.74, 6) is 2.70. The Morgan fingerprint density at radius 3 is 2.86 bits per heavy atom. The summed E-state index contributed by atoms with van der Waals surface area (Å²) in [5, 5.41) is 6.20.